The van der Waals surface area contributed by atoms with Crippen LogP contribution >= 0.6 is 0 Å². The molecule has 0 aliphatic heterocycles. The van der Waals surface area contributed by atoms with E-state index in [2.05, 4.69) is 228 Å². The summed E-state index contributed by atoms with van der Waals surface area (Å²) in [5.41, 5.74) is 16.0. The van der Waals surface area contributed by atoms with Gasteiger partial charge in [-0.2, -0.15) is 0 Å². The van der Waals surface area contributed by atoms with Gasteiger partial charge in [-0.05, 0) is 120 Å². The molecule has 8 aromatic carbocycles. The molecule has 0 unspecified atom stereocenters. The van der Waals surface area contributed by atoms with E-state index in [0.29, 0.717) is 0 Å². The summed E-state index contributed by atoms with van der Waals surface area (Å²) in [7, 11) is 0. The highest BCUT2D eigenvalue weighted by Gasteiger charge is 2.43. The van der Waals surface area contributed by atoms with Gasteiger partial charge < -0.3 is 14.4 Å². The first-order chi connectivity index (χ1) is 28.7. The van der Waals surface area contributed by atoms with E-state index in [0.717, 1.165) is 65.5 Å². The predicted molar refractivity (Wildman–Crippen MR) is 246 cm³/mol. The van der Waals surface area contributed by atoms with Gasteiger partial charge in [0.25, 0.3) is 0 Å². The summed E-state index contributed by atoms with van der Waals surface area (Å²) in [4.78, 5) is 4.74. The second-order valence-electron chi connectivity index (χ2n) is 15.6. The monoisotopic (exact) mass is 749 g/mol. The highest BCUT2D eigenvalue weighted by atomic mass is 15.2. The third-order valence-electron chi connectivity index (χ3n) is 12.1. The minimum absolute atomic E-state index is 0.0634. The number of hydrogen-bond donors (Lipinski definition) is 0. The molecule has 1 aromatic heterocycles. The molecule has 0 saturated heterocycles. The number of aromatic nitrogens is 1. The maximum absolute atomic E-state index is 2.53. The Labute approximate surface area is 342 Å². The highest BCUT2D eigenvalue weighted by Crippen LogP contribution is 2.57. The second-order valence-corrected chi connectivity index (χ2v) is 15.6. The van der Waals surface area contributed by atoms with Gasteiger partial charge in [0, 0.05) is 56.0 Å². The molecule has 58 heavy (non-hydrogen) atoms. The number of para-hydroxylation sites is 4. The fourth-order valence-corrected chi connectivity index (χ4v) is 9.98. The zero-order valence-corrected chi connectivity index (χ0v) is 33.2. The Kier molecular flexibility index (Phi) is 9.14. The van der Waals surface area contributed by atoms with Gasteiger partial charge in [-0.15, -0.1) is 0 Å². The van der Waals surface area contributed by atoms with Crippen molar-refractivity contribution in [1.82, 2.24) is 4.57 Å². The molecule has 1 aliphatic carbocycles. The van der Waals surface area contributed by atoms with Gasteiger partial charge in [0.2, 0.25) is 0 Å². The molecule has 0 amide bonds. The summed E-state index contributed by atoms with van der Waals surface area (Å²) < 4.78 is 2.53. The average Bonchev–Trinajstić information content (AvgIpc) is 3.75. The van der Waals surface area contributed by atoms with E-state index in [1.807, 2.05) is 0 Å². The van der Waals surface area contributed by atoms with Gasteiger partial charge in [-0.1, -0.05) is 142 Å². The third-order valence-corrected chi connectivity index (χ3v) is 12.1. The van der Waals surface area contributed by atoms with E-state index in [4.69, 9.17) is 0 Å². The molecule has 10 rings (SSSR count). The van der Waals surface area contributed by atoms with Crippen molar-refractivity contribution in [2.24, 2.45) is 0 Å². The Morgan fingerprint density at radius 1 is 0.414 bits per heavy atom. The predicted octanol–water partition coefficient (Wildman–Crippen LogP) is 15.6. The van der Waals surface area contributed by atoms with E-state index in [9.17, 15) is 0 Å². The number of anilines is 6. The topological polar surface area (TPSA) is 11.4 Å². The van der Waals surface area contributed by atoms with Crippen LogP contribution in [0.1, 0.15) is 50.7 Å². The lowest BCUT2D eigenvalue weighted by Crippen LogP contribution is -2.25. The standard InChI is InChI=1S/C55H47N3/c1-3-36-55(37-4-2)50-31-18-17-30-47(50)48-34-35-51-53(54(48)55)49-33-32-46(57(42-24-13-7-14-25-42)43-26-15-8-16-27-43)39-52(49)58(51)45-29-19-28-44(38-45)56(40-20-9-5-10-21-40)41-22-11-6-12-23-41/h5-35,38-39H,3-4,36-37H2,1-2H3. The van der Waals surface area contributed by atoms with Crippen molar-refractivity contribution in [2.45, 2.75) is 44.9 Å². The first-order valence-electron chi connectivity index (χ1n) is 20.8. The number of benzene rings is 8. The van der Waals surface area contributed by atoms with Crippen LogP contribution in [0, 0.1) is 0 Å². The lowest BCUT2D eigenvalue weighted by molar-refractivity contribution is 0.439. The molecular formula is C55H47N3. The fourth-order valence-electron chi connectivity index (χ4n) is 9.98. The van der Waals surface area contributed by atoms with Crippen LogP contribution in [0.2, 0.25) is 0 Å². The second kappa shape index (κ2) is 14.9. The van der Waals surface area contributed by atoms with E-state index >= 15 is 0 Å². The summed E-state index contributed by atoms with van der Waals surface area (Å²) in [5.74, 6) is 0. The Hall–Kier alpha value is -6.84. The number of rotatable bonds is 11. The molecule has 0 saturated carbocycles. The molecule has 1 heterocycles. The van der Waals surface area contributed by atoms with Gasteiger partial charge in [0.05, 0.1) is 11.0 Å². The summed E-state index contributed by atoms with van der Waals surface area (Å²) in [5, 5.41) is 2.66. The Morgan fingerprint density at radius 2 is 0.914 bits per heavy atom. The van der Waals surface area contributed by atoms with Crippen LogP contribution in [0.3, 0.4) is 0 Å². The molecule has 0 fully saturated rings. The van der Waals surface area contributed by atoms with Crippen LogP contribution in [0.15, 0.2) is 200 Å². The molecule has 0 bridgehead atoms. The van der Waals surface area contributed by atoms with E-state index in [-0.39, 0.29) is 5.41 Å². The van der Waals surface area contributed by atoms with Crippen molar-refractivity contribution in [1.29, 1.82) is 0 Å². The van der Waals surface area contributed by atoms with Crippen molar-refractivity contribution in [2.75, 3.05) is 9.80 Å². The summed E-state index contributed by atoms with van der Waals surface area (Å²) in [6.07, 6.45) is 4.46. The highest BCUT2D eigenvalue weighted by molar-refractivity contribution is 6.15. The van der Waals surface area contributed by atoms with Crippen molar-refractivity contribution in [3.63, 3.8) is 0 Å². The Morgan fingerprint density at radius 3 is 1.47 bits per heavy atom. The van der Waals surface area contributed by atoms with Gasteiger partial charge in [0.1, 0.15) is 0 Å². The minimum Gasteiger partial charge on any atom is -0.310 e. The van der Waals surface area contributed by atoms with Crippen LogP contribution in [-0.2, 0) is 5.41 Å². The molecule has 0 atom stereocenters. The SMILES string of the molecule is CCCC1(CCC)c2ccccc2-c2ccc3c(c21)c1ccc(N(c2ccccc2)c2ccccc2)cc1n3-c1cccc(N(c2ccccc2)c2ccccc2)c1. The van der Waals surface area contributed by atoms with Crippen molar-refractivity contribution in [3.05, 3.63) is 211 Å². The van der Waals surface area contributed by atoms with Crippen LogP contribution in [0.5, 0.6) is 0 Å². The van der Waals surface area contributed by atoms with Crippen molar-refractivity contribution in [3.8, 4) is 16.8 Å². The largest absolute Gasteiger partial charge is 0.310 e. The Balaban J connectivity index is 1.28. The maximum atomic E-state index is 2.53. The zero-order chi connectivity index (χ0) is 39.1. The van der Waals surface area contributed by atoms with Crippen molar-refractivity contribution < 1.29 is 0 Å². The first-order valence-corrected chi connectivity index (χ1v) is 20.8. The van der Waals surface area contributed by atoms with Gasteiger partial charge in [0.15, 0.2) is 0 Å². The summed E-state index contributed by atoms with van der Waals surface area (Å²) >= 11 is 0. The molecular weight excluding hydrogens is 703 g/mol. The average molecular weight is 750 g/mol. The Bertz CT molecular complexity index is 2780. The number of fused-ring (bicyclic) bond motifs is 7. The molecule has 3 heteroatoms. The molecule has 282 valence electrons. The van der Waals surface area contributed by atoms with Gasteiger partial charge in [-0.25, -0.2) is 0 Å². The fraction of sp³-hybridized carbons (Fsp3) is 0.127. The molecule has 0 N–H and O–H groups in total. The third kappa shape index (κ3) is 5.80. The van der Waals surface area contributed by atoms with Gasteiger partial charge in [-0.3, -0.25) is 0 Å². The summed E-state index contributed by atoms with van der Waals surface area (Å²) in [6.45, 7) is 4.71. The normalized spacial score (nSPS) is 12.7. The number of hydrogen-bond acceptors (Lipinski definition) is 2. The quantitative estimate of drug-likeness (QED) is 0.130. The maximum Gasteiger partial charge on any atom is 0.0562 e. The van der Waals surface area contributed by atoms with Crippen molar-refractivity contribution >= 4 is 55.9 Å². The smallest absolute Gasteiger partial charge is 0.0562 e. The molecule has 3 nitrogen and oxygen atoms in total. The van der Waals surface area contributed by atoms with Crippen LogP contribution in [0.4, 0.5) is 34.1 Å². The molecule has 9 aromatic rings. The number of nitrogens with zero attached hydrogens (tertiary/aromatic N) is 3. The zero-order valence-electron chi connectivity index (χ0n) is 33.2. The minimum atomic E-state index is -0.0634. The summed E-state index contributed by atoms with van der Waals surface area (Å²) in [6, 6.07) is 73.2. The molecule has 0 radical (unpaired) electrons. The van der Waals surface area contributed by atoms with E-state index < -0.39 is 0 Å². The van der Waals surface area contributed by atoms with Crippen LogP contribution in [0.25, 0.3) is 38.6 Å². The lowest BCUT2D eigenvalue weighted by atomic mass is 9.70. The molecule has 0 spiro atoms. The van der Waals surface area contributed by atoms with E-state index in [1.165, 1.54) is 44.1 Å². The van der Waals surface area contributed by atoms with Crippen LogP contribution < -0.4 is 9.80 Å². The van der Waals surface area contributed by atoms with Crippen LogP contribution in [-0.4, -0.2) is 4.57 Å². The molecule has 1 aliphatic rings. The van der Waals surface area contributed by atoms with Gasteiger partial charge >= 0.3 is 0 Å². The lowest BCUT2D eigenvalue weighted by Gasteiger charge is -2.32. The first kappa shape index (κ1) is 35.6. The van der Waals surface area contributed by atoms with E-state index in [1.54, 1.807) is 0 Å².